The van der Waals surface area contributed by atoms with E-state index in [0.717, 1.165) is 92.3 Å². The lowest BCUT2D eigenvalue weighted by Gasteiger charge is -2.23. The summed E-state index contributed by atoms with van der Waals surface area (Å²) < 4.78 is 32.9. The maximum absolute atomic E-state index is 11.8. The fourth-order valence-corrected chi connectivity index (χ4v) is 5.59. The second-order valence-electron chi connectivity index (χ2n) is 12.4. The Morgan fingerprint density at radius 2 is 1.80 bits per heavy atom. The van der Waals surface area contributed by atoms with Gasteiger partial charge in [-0.15, -0.1) is 5.10 Å². The van der Waals surface area contributed by atoms with Gasteiger partial charge in [0, 0.05) is 50.2 Å². The smallest absolute Gasteiger partial charge is 0.407 e. The molecule has 2 unspecified atom stereocenters. The van der Waals surface area contributed by atoms with Gasteiger partial charge in [-0.05, 0) is 89.8 Å². The SMILES string of the molecule is COc1nn(C2CCCCO2)cc1-c1cc(NCCOCCCCNC(=O)OC(C)(C)C)c2cnn(C3CCCCO3)c2c1. The lowest BCUT2D eigenvalue weighted by Crippen LogP contribution is -2.33. The highest BCUT2D eigenvalue weighted by molar-refractivity contribution is 5.96. The van der Waals surface area contributed by atoms with Gasteiger partial charge >= 0.3 is 6.09 Å². The van der Waals surface area contributed by atoms with E-state index in [9.17, 15) is 4.79 Å². The number of aromatic nitrogens is 4. The van der Waals surface area contributed by atoms with Crippen molar-refractivity contribution >= 4 is 22.7 Å². The van der Waals surface area contributed by atoms with E-state index < -0.39 is 5.60 Å². The Bertz CT molecular complexity index is 1350. The van der Waals surface area contributed by atoms with E-state index in [2.05, 4.69) is 22.8 Å². The number of ether oxygens (including phenoxy) is 5. The molecule has 2 fully saturated rings. The quantitative estimate of drug-likeness (QED) is 0.222. The second-order valence-corrected chi connectivity index (χ2v) is 12.4. The molecule has 242 valence electrons. The molecule has 44 heavy (non-hydrogen) atoms. The Kier molecular flexibility index (Phi) is 11.0. The number of carbonyl (C=O) groups is 1. The number of amides is 1. The monoisotopic (exact) mass is 612 g/mol. The molecule has 3 aromatic rings. The molecule has 0 saturated carbocycles. The summed E-state index contributed by atoms with van der Waals surface area (Å²) in [6.07, 6.45) is 11.3. The summed E-state index contributed by atoms with van der Waals surface area (Å²) in [4.78, 5) is 11.8. The Labute approximate surface area is 259 Å². The normalized spacial score (nSPS) is 19.2. The predicted molar refractivity (Wildman–Crippen MR) is 168 cm³/mol. The minimum Gasteiger partial charge on any atom is -0.479 e. The van der Waals surface area contributed by atoms with Crippen LogP contribution in [-0.2, 0) is 18.9 Å². The highest BCUT2D eigenvalue weighted by Crippen LogP contribution is 2.38. The molecule has 2 aliphatic heterocycles. The molecule has 12 heteroatoms. The van der Waals surface area contributed by atoms with Gasteiger partial charge in [-0.25, -0.2) is 14.2 Å². The van der Waals surface area contributed by atoms with Gasteiger partial charge in [-0.1, -0.05) is 0 Å². The zero-order valence-corrected chi connectivity index (χ0v) is 26.6. The van der Waals surface area contributed by atoms with Crippen LogP contribution in [0.3, 0.4) is 0 Å². The third-order valence-corrected chi connectivity index (χ3v) is 7.74. The molecule has 0 radical (unpaired) electrons. The first-order chi connectivity index (χ1) is 21.3. The van der Waals surface area contributed by atoms with Crippen LogP contribution in [0, 0.1) is 0 Å². The van der Waals surface area contributed by atoms with E-state index in [1.807, 2.05) is 42.5 Å². The van der Waals surface area contributed by atoms with Crippen molar-refractivity contribution in [2.75, 3.05) is 51.9 Å². The molecule has 0 aliphatic carbocycles. The second kappa shape index (κ2) is 15.1. The number of methoxy groups -OCH3 is 1. The van der Waals surface area contributed by atoms with Crippen molar-refractivity contribution in [1.82, 2.24) is 24.9 Å². The van der Waals surface area contributed by atoms with Crippen molar-refractivity contribution in [3.63, 3.8) is 0 Å². The van der Waals surface area contributed by atoms with E-state index in [4.69, 9.17) is 33.9 Å². The van der Waals surface area contributed by atoms with Gasteiger partial charge < -0.3 is 34.3 Å². The molecule has 5 rings (SSSR count). The molecular weight excluding hydrogens is 564 g/mol. The Morgan fingerprint density at radius 1 is 1.02 bits per heavy atom. The number of hydrogen-bond acceptors (Lipinski definition) is 9. The third-order valence-electron chi connectivity index (χ3n) is 7.74. The van der Waals surface area contributed by atoms with Gasteiger partial charge in [0.2, 0.25) is 5.88 Å². The summed E-state index contributed by atoms with van der Waals surface area (Å²) >= 11 is 0. The maximum Gasteiger partial charge on any atom is 0.407 e. The zero-order valence-electron chi connectivity index (χ0n) is 26.6. The maximum atomic E-state index is 11.8. The van der Waals surface area contributed by atoms with Crippen LogP contribution in [0.1, 0.15) is 84.6 Å². The van der Waals surface area contributed by atoms with Crippen LogP contribution in [0.25, 0.3) is 22.0 Å². The fraction of sp³-hybridized carbons (Fsp3) is 0.656. The number of fused-ring (bicyclic) bond motifs is 1. The molecule has 1 amide bonds. The van der Waals surface area contributed by atoms with E-state index in [1.54, 1.807) is 7.11 Å². The first-order valence-electron chi connectivity index (χ1n) is 16.0. The third kappa shape index (κ3) is 8.42. The van der Waals surface area contributed by atoms with Crippen LogP contribution < -0.4 is 15.4 Å². The van der Waals surface area contributed by atoms with E-state index in [1.165, 1.54) is 0 Å². The molecule has 2 saturated heterocycles. The molecule has 1 aromatic carbocycles. The molecular formula is C32H48N6O6. The molecule has 0 spiro atoms. The van der Waals surface area contributed by atoms with Crippen LogP contribution in [0.5, 0.6) is 5.88 Å². The number of benzene rings is 1. The van der Waals surface area contributed by atoms with Gasteiger partial charge in [0.25, 0.3) is 0 Å². The van der Waals surface area contributed by atoms with Crippen molar-refractivity contribution in [2.24, 2.45) is 0 Å². The topological polar surface area (TPSA) is 123 Å². The van der Waals surface area contributed by atoms with Crippen LogP contribution in [0.15, 0.2) is 24.5 Å². The van der Waals surface area contributed by atoms with Gasteiger partial charge in [-0.3, -0.25) is 0 Å². The number of nitrogens with one attached hydrogen (secondary N) is 2. The molecule has 2 N–H and O–H groups in total. The number of nitrogens with zero attached hydrogens (tertiary/aromatic N) is 4. The van der Waals surface area contributed by atoms with Crippen molar-refractivity contribution in [3.05, 3.63) is 24.5 Å². The minimum atomic E-state index is -0.494. The molecule has 4 heterocycles. The van der Waals surface area contributed by atoms with Crippen LogP contribution in [-0.4, -0.2) is 77.9 Å². The number of alkyl carbamates (subject to hydrolysis) is 1. The highest BCUT2D eigenvalue weighted by atomic mass is 16.6. The Balaban J connectivity index is 1.24. The van der Waals surface area contributed by atoms with Crippen LogP contribution in [0.4, 0.5) is 10.5 Å². The van der Waals surface area contributed by atoms with Crippen molar-refractivity contribution in [3.8, 4) is 17.0 Å². The van der Waals surface area contributed by atoms with E-state index in [-0.39, 0.29) is 18.5 Å². The van der Waals surface area contributed by atoms with Crippen LogP contribution in [0.2, 0.25) is 0 Å². The first kappa shape index (κ1) is 32.1. The van der Waals surface area contributed by atoms with Gasteiger partial charge in [0.1, 0.15) is 11.8 Å². The van der Waals surface area contributed by atoms with Gasteiger partial charge in [-0.2, -0.15) is 5.10 Å². The lowest BCUT2D eigenvalue weighted by atomic mass is 10.0. The van der Waals surface area contributed by atoms with Gasteiger partial charge in [0.15, 0.2) is 6.23 Å². The molecule has 2 atom stereocenters. The van der Waals surface area contributed by atoms with Gasteiger partial charge in [0.05, 0.1) is 31.0 Å². The van der Waals surface area contributed by atoms with Crippen molar-refractivity contribution < 1.29 is 28.5 Å². The predicted octanol–water partition coefficient (Wildman–Crippen LogP) is 6.04. The first-order valence-corrected chi connectivity index (χ1v) is 16.0. The summed E-state index contributed by atoms with van der Waals surface area (Å²) in [5.41, 5.74) is 3.36. The number of carbonyl (C=O) groups excluding carboxylic acids is 1. The summed E-state index contributed by atoms with van der Waals surface area (Å²) in [5.74, 6) is 0.564. The lowest BCUT2D eigenvalue weighted by molar-refractivity contribution is -0.0399. The standard InChI is InChI=1S/C32H48N6O6/c1-32(2,3)44-31(39)34-13-7-10-15-41-18-14-33-26-19-23(20-27-24(26)21-35-38(27)29-12-6-9-17-43-29)25-22-37(36-30(25)40-4)28-11-5-8-16-42-28/h19-22,28-29,33H,5-18H2,1-4H3,(H,34,39). The largest absolute Gasteiger partial charge is 0.479 e. The Morgan fingerprint density at radius 3 is 2.50 bits per heavy atom. The number of unbranched alkanes of at least 4 members (excludes halogenated alkanes) is 1. The average molecular weight is 613 g/mol. The number of rotatable bonds is 13. The molecule has 2 aliphatic rings. The Hall–Kier alpha value is -3.35. The van der Waals surface area contributed by atoms with E-state index in [0.29, 0.717) is 32.2 Å². The summed E-state index contributed by atoms with van der Waals surface area (Å²) in [5, 5.41) is 16.9. The van der Waals surface area contributed by atoms with Crippen molar-refractivity contribution in [1.29, 1.82) is 0 Å². The summed E-state index contributed by atoms with van der Waals surface area (Å²) in [7, 11) is 1.65. The summed E-state index contributed by atoms with van der Waals surface area (Å²) in [6.45, 7) is 9.40. The van der Waals surface area contributed by atoms with Crippen LogP contribution >= 0.6 is 0 Å². The zero-order chi connectivity index (χ0) is 30.9. The van der Waals surface area contributed by atoms with Crippen molar-refractivity contribution in [2.45, 2.75) is 90.2 Å². The highest BCUT2D eigenvalue weighted by Gasteiger charge is 2.24. The summed E-state index contributed by atoms with van der Waals surface area (Å²) in [6, 6.07) is 4.28. The average Bonchev–Trinajstić information content (AvgIpc) is 3.65. The fourth-order valence-electron chi connectivity index (χ4n) is 5.59. The number of anilines is 1. The van der Waals surface area contributed by atoms with E-state index >= 15 is 0 Å². The minimum absolute atomic E-state index is 0.0841. The molecule has 0 bridgehead atoms. The molecule has 2 aromatic heterocycles. The number of hydrogen-bond donors (Lipinski definition) is 2. The molecule has 12 nitrogen and oxygen atoms in total.